The normalized spacial score (nSPS) is 13.8. The minimum atomic E-state index is -1.17. The minimum absolute atomic E-state index is 0.259. The zero-order valence-electron chi connectivity index (χ0n) is 21.0. The summed E-state index contributed by atoms with van der Waals surface area (Å²) >= 11 is 1.34. The number of thiophene rings is 1. The summed E-state index contributed by atoms with van der Waals surface area (Å²) in [4.78, 5) is 31.7. The lowest BCUT2D eigenvalue weighted by molar-refractivity contribution is 0.0825. The van der Waals surface area contributed by atoms with Crippen LogP contribution >= 0.6 is 11.3 Å². The Morgan fingerprint density at radius 1 is 1.22 bits per heavy atom. The zero-order chi connectivity index (χ0) is 26.6. The number of aromatic nitrogens is 2. The van der Waals surface area contributed by atoms with Gasteiger partial charge in [-0.15, -0.1) is 11.3 Å². The molecule has 0 fully saturated rings. The van der Waals surface area contributed by atoms with Gasteiger partial charge in [-0.05, 0) is 51.8 Å². The van der Waals surface area contributed by atoms with Crippen molar-refractivity contribution in [3.05, 3.63) is 68.6 Å². The highest BCUT2D eigenvalue weighted by atomic mass is 32.1. The van der Waals surface area contributed by atoms with Crippen molar-refractivity contribution in [2.24, 2.45) is 7.05 Å². The van der Waals surface area contributed by atoms with E-state index in [2.05, 4.69) is 10.3 Å². The summed E-state index contributed by atoms with van der Waals surface area (Å²) < 4.78 is 30.5. The molecule has 3 N–H and O–H groups in total. The van der Waals surface area contributed by atoms with Gasteiger partial charge in [0.05, 0.1) is 21.9 Å². The molecule has 0 aliphatic carbocycles. The Morgan fingerprint density at radius 2 is 1.97 bits per heavy atom. The average molecular weight is 527 g/mol. The number of aromatic amines is 1. The summed E-state index contributed by atoms with van der Waals surface area (Å²) in [6, 6.07) is 5.72. The highest BCUT2D eigenvalue weighted by Gasteiger charge is 2.30. The average Bonchev–Trinajstić information content (AvgIpc) is 3.47. The number of carbonyl (C=O) groups excluding carboxylic acids is 1. The molecule has 37 heavy (non-hydrogen) atoms. The number of aliphatic hydroxyl groups is 1. The second-order valence-electron chi connectivity index (χ2n) is 9.81. The van der Waals surface area contributed by atoms with Crippen molar-refractivity contribution in [2.75, 3.05) is 18.0 Å². The van der Waals surface area contributed by atoms with Crippen molar-refractivity contribution < 1.29 is 18.7 Å². The quantitative estimate of drug-likeness (QED) is 0.344. The predicted molar refractivity (Wildman–Crippen MR) is 142 cm³/mol. The van der Waals surface area contributed by atoms with Crippen LogP contribution < -0.4 is 15.8 Å². The molecule has 0 atom stereocenters. The van der Waals surface area contributed by atoms with Crippen LogP contribution in [-0.4, -0.2) is 33.7 Å². The van der Waals surface area contributed by atoms with E-state index in [1.165, 1.54) is 22.0 Å². The standard InChI is InChI=1S/C27H28F2N4O3S/c1-5-30-25(34)19-11-16-17(13-32(4)26(35)23(16)31-19)24-21(12-22(37-24)27(2,3)36)33-8-6-7-15-18(29)9-14(28)10-20(15)33/h9-13,31,36H,5-8H2,1-4H3,(H,30,34). The lowest BCUT2D eigenvalue weighted by Crippen LogP contribution is -2.26. The van der Waals surface area contributed by atoms with Crippen LogP contribution in [0.1, 0.15) is 48.1 Å². The number of hydrogen-bond donors (Lipinski definition) is 3. The van der Waals surface area contributed by atoms with Crippen molar-refractivity contribution in [3.8, 4) is 10.4 Å². The fourth-order valence-corrected chi connectivity index (χ4v) is 6.02. The molecule has 0 saturated heterocycles. The highest BCUT2D eigenvalue weighted by Crippen LogP contribution is 2.48. The number of nitrogens with one attached hydrogen (secondary N) is 2. The summed E-state index contributed by atoms with van der Waals surface area (Å²) in [6.45, 7) is 6.12. The van der Waals surface area contributed by atoms with E-state index < -0.39 is 17.2 Å². The topological polar surface area (TPSA) is 90.4 Å². The van der Waals surface area contributed by atoms with Crippen molar-refractivity contribution in [1.29, 1.82) is 0 Å². The van der Waals surface area contributed by atoms with E-state index in [0.29, 0.717) is 58.7 Å². The number of benzene rings is 1. The molecule has 194 valence electrons. The third kappa shape index (κ3) is 4.34. The van der Waals surface area contributed by atoms with Gasteiger partial charge >= 0.3 is 0 Å². The summed E-state index contributed by atoms with van der Waals surface area (Å²) in [5, 5.41) is 14.2. The maximum Gasteiger partial charge on any atom is 0.274 e. The Morgan fingerprint density at radius 3 is 2.68 bits per heavy atom. The molecule has 1 aliphatic rings. The summed E-state index contributed by atoms with van der Waals surface area (Å²) in [5.74, 6) is -1.57. The van der Waals surface area contributed by atoms with Crippen LogP contribution in [0.3, 0.4) is 0 Å². The second-order valence-corrected chi connectivity index (χ2v) is 10.9. The van der Waals surface area contributed by atoms with E-state index in [9.17, 15) is 23.5 Å². The molecule has 0 radical (unpaired) electrons. The lowest BCUT2D eigenvalue weighted by atomic mass is 9.99. The fourth-order valence-electron chi connectivity index (χ4n) is 4.83. The summed E-state index contributed by atoms with van der Waals surface area (Å²) in [7, 11) is 1.63. The Balaban J connectivity index is 1.79. The molecule has 5 rings (SSSR count). The SMILES string of the molecule is CCNC(=O)c1cc2c(-c3sc(C(C)(C)O)cc3N3CCCc4c(F)cc(F)cc43)cn(C)c(=O)c2[nH]1. The summed E-state index contributed by atoms with van der Waals surface area (Å²) in [5.41, 5.74) is 1.31. The van der Waals surface area contributed by atoms with Gasteiger partial charge in [-0.3, -0.25) is 9.59 Å². The van der Waals surface area contributed by atoms with E-state index in [-0.39, 0.29) is 22.7 Å². The van der Waals surface area contributed by atoms with Crippen molar-refractivity contribution >= 4 is 39.5 Å². The fraction of sp³-hybridized carbons (Fsp3) is 0.333. The molecule has 7 nitrogen and oxygen atoms in total. The molecular formula is C27H28F2N4O3S. The molecule has 0 spiro atoms. The number of carbonyl (C=O) groups is 1. The molecule has 4 aromatic rings. The first-order valence-electron chi connectivity index (χ1n) is 12.1. The van der Waals surface area contributed by atoms with Gasteiger partial charge in [-0.2, -0.15) is 0 Å². The van der Waals surface area contributed by atoms with E-state index in [1.54, 1.807) is 33.2 Å². The molecular weight excluding hydrogens is 498 g/mol. The second kappa shape index (κ2) is 9.11. The van der Waals surface area contributed by atoms with Gasteiger partial charge in [0.1, 0.15) is 22.8 Å². The van der Waals surface area contributed by atoms with Crippen LogP contribution in [0, 0.1) is 11.6 Å². The number of rotatable bonds is 5. The maximum atomic E-state index is 14.7. The van der Waals surface area contributed by atoms with E-state index in [4.69, 9.17) is 0 Å². The molecule has 1 aliphatic heterocycles. The van der Waals surface area contributed by atoms with Gasteiger partial charge in [0.2, 0.25) is 0 Å². The maximum absolute atomic E-state index is 14.7. The number of H-pyrrole nitrogens is 1. The first-order chi connectivity index (χ1) is 17.5. The minimum Gasteiger partial charge on any atom is -0.385 e. The molecule has 4 heterocycles. The number of halogens is 2. The van der Waals surface area contributed by atoms with Crippen molar-refractivity contribution in [1.82, 2.24) is 14.9 Å². The van der Waals surface area contributed by atoms with Crippen LogP contribution in [0.5, 0.6) is 0 Å². The van der Waals surface area contributed by atoms with Crippen LogP contribution in [0.4, 0.5) is 20.2 Å². The van der Waals surface area contributed by atoms with Gasteiger partial charge < -0.3 is 24.9 Å². The van der Waals surface area contributed by atoms with Crippen LogP contribution in [0.25, 0.3) is 21.3 Å². The van der Waals surface area contributed by atoms with Crippen molar-refractivity contribution in [3.63, 3.8) is 0 Å². The van der Waals surface area contributed by atoms with Gasteiger partial charge in [0.15, 0.2) is 0 Å². The summed E-state index contributed by atoms with van der Waals surface area (Å²) in [6.07, 6.45) is 2.85. The van der Waals surface area contributed by atoms with Crippen molar-refractivity contribution in [2.45, 2.75) is 39.2 Å². The van der Waals surface area contributed by atoms with Crippen LogP contribution in [0.2, 0.25) is 0 Å². The first kappa shape index (κ1) is 25.2. The van der Waals surface area contributed by atoms with E-state index in [0.717, 1.165) is 10.9 Å². The highest BCUT2D eigenvalue weighted by molar-refractivity contribution is 7.16. The Labute approximate surface area is 216 Å². The third-order valence-electron chi connectivity index (χ3n) is 6.63. The molecule has 10 heteroatoms. The molecule has 1 amide bonds. The number of nitrogens with zero attached hydrogens (tertiary/aromatic N) is 2. The lowest BCUT2D eigenvalue weighted by Gasteiger charge is -2.32. The molecule has 1 aromatic carbocycles. The number of fused-ring (bicyclic) bond motifs is 2. The first-order valence-corrected chi connectivity index (χ1v) is 12.9. The van der Waals surface area contributed by atoms with E-state index >= 15 is 0 Å². The smallest absolute Gasteiger partial charge is 0.274 e. The predicted octanol–water partition coefficient (Wildman–Crippen LogP) is 4.93. The number of amides is 1. The number of pyridine rings is 1. The van der Waals surface area contributed by atoms with Gasteiger partial charge in [0, 0.05) is 53.8 Å². The number of aryl methyl sites for hydroxylation is 1. The monoisotopic (exact) mass is 526 g/mol. The van der Waals surface area contributed by atoms with E-state index in [1.807, 2.05) is 17.9 Å². The molecule has 0 bridgehead atoms. The zero-order valence-corrected chi connectivity index (χ0v) is 21.9. The molecule has 3 aromatic heterocycles. The Hall–Kier alpha value is -3.50. The van der Waals surface area contributed by atoms with Gasteiger partial charge in [0.25, 0.3) is 11.5 Å². The molecule has 0 saturated carbocycles. The number of anilines is 2. The van der Waals surface area contributed by atoms with Crippen LogP contribution in [-0.2, 0) is 19.1 Å². The van der Waals surface area contributed by atoms with Crippen LogP contribution in [0.15, 0.2) is 35.3 Å². The van der Waals surface area contributed by atoms with Gasteiger partial charge in [-0.25, -0.2) is 8.78 Å². The largest absolute Gasteiger partial charge is 0.385 e. The number of hydrogen-bond acceptors (Lipinski definition) is 5. The molecule has 0 unspecified atom stereocenters. The Bertz CT molecular complexity index is 1600. The third-order valence-corrected chi connectivity index (χ3v) is 8.10. The Kier molecular flexibility index (Phi) is 6.19. The van der Waals surface area contributed by atoms with Gasteiger partial charge in [-0.1, -0.05) is 0 Å².